The van der Waals surface area contributed by atoms with Crippen LogP contribution in [0, 0.1) is 0 Å². The molecular formula is C4H12O5S. The molecule has 0 rings (SSSR count). The molecule has 64 valence electrons. The largest absolute Gasteiger partial charge is 0.397 e. The van der Waals surface area contributed by atoms with E-state index in [1.54, 1.807) is 6.92 Å². The van der Waals surface area contributed by atoms with Gasteiger partial charge in [0.25, 0.3) is 10.1 Å². The number of hydrogen-bond donors (Lipinski definition) is 3. The van der Waals surface area contributed by atoms with Crippen molar-refractivity contribution in [2.24, 2.45) is 0 Å². The van der Waals surface area contributed by atoms with Crippen molar-refractivity contribution in [1.82, 2.24) is 0 Å². The van der Waals surface area contributed by atoms with Gasteiger partial charge in [0.2, 0.25) is 0 Å². The molecule has 0 heterocycles. The smallest absolute Gasteiger partial charge is 0.267 e. The quantitative estimate of drug-likeness (QED) is 0.458. The molecule has 5 nitrogen and oxygen atoms in total. The molecule has 0 bridgehead atoms. The fraction of sp³-hybridized carbons (Fsp3) is 1.00. The number of rotatable bonds is 2. The van der Waals surface area contributed by atoms with Gasteiger partial charge >= 0.3 is 0 Å². The van der Waals surface area contributed by atoms with E-state index in [0.717, 1.165) is 0 Å². The second kappa shape index (κ2) is 6.94. The average Bonchev–Trinajstić information content (AvgIpc) is 1.63. The molecule has 0 aliphatic heterocycles. The predicted molar refractivity (Wildman–Crippen MR) is 36.3 cm³/mol. The summed E-state index contributed by atoms with van der Waals surface area (Å²) >= 11 is 0. The first-order valence-corrected chi connectivity index (χ1v) is 4.25. The van der Waals surface area contributed by atoms with Crippen LogP contribution >= 0.6 is 0 Å². The van der Waals surface area contributed by atoms with Crippen LogP contribution in [0.2, 0.25) is 0 Å². The maximum atomic E-state index is 9.63. The molecule has 0 aliphatic rings. The molecule has 0 fully saturated rings. The highest BCUT2D eigenvalue weighted by molar-refractivity contribution is 7.85. The highest BCUT2D eigenvalue weighted by Crippen LogP contribution is 1.75. The first-order valence-electron chi connectivity index (χ1n) is 2.64. The van der Waals surface area contributed by atoms with Crippen LogP contribution in [0.4, 0.5) is 0 Å². The van der Waals surface area contributed by atoms with Crippen molar-refractivity contribution in [3.8, 4) is 0 Å². The van der Waals surface area contributed by atoms with E-state index < -0.39 is 22.5 Å². The second-order valence-electron chi connectivity index (χ2n) is 1.33. The van der Waals surface area contributed by atoms with E-state index in [-0.39, 0.29) is 6.61 Å². The third kappa shape index (κ3) is 24.9. The molecule has 0 radical (unpaired) electrons. The molecule has 0 aromatic rings. The van der Waals surface area contributed by atoms with Crippen molar-refractivity contribution in [1.29, 1.82) is 0 Å². The fourth-order valence-corrected chi connectivity index (χ4v) is 0.346. The molecule has 3 N–H and O–H groups in total. The molecule has 6 heteroatoms. The maximum Gasteiger partial charge on any atom is 0.267 e. The summed E-state index contributed by atoms with van der Waals surface area (Å²) in [7, 11) is -3.92. The van der Waals surface area contributed by atoms with Crippen molar-refractivity contribution in [2.75, 3.05) is 19.0 Å². The average molecular weight is 172 g/mol. The highest BCUT2D eigenvalue weighted by atomic mass is 32.2. The van der Waals surface area contributed by atoms with E-state index in [9.17, 15) is 8.42 Å². The second-order valence-corrected chi connectivity index (χ2v) is 2.90. The van der Waals surface area contributed by atoms with Crippen molar-refractivity contribution >= 4 is 10.1 Å². The van der Waals surface area contributed by atoms with Crippen LogP contribution in [-0.4, -0.2) is 42.2 Å². The zero-order valence-corrected chi connectivity index (χ0v) is 6.50. The summed E-state index contributed by atoms with van der Waals surface area (Å²) in [5.41, 5.74) is 0. The van der Waals surface area contributed by atoms with E-state index in [1.165, 1.54) is 0 Å². The zero-order chi connectivity index (χ0) is 8.62. The lowest BCUT2D eigenvalue weighted by Crippen LogP contribution is -2.06. The van der Waals surface area contributed by atoms with E-state index in [2.05, 4.69) is 0 Å². The van der Waals surface area contributed by atoms with Crippen molar-refractivity contribution in [3.63, 3.8) is 0 Å². The molecule has 0 saturated carbocycles. The van der Waals surface area contributed by atoms with E-state index in [4.69, 9.17) is 14.8 Å². The van der Waals surface area contributed by atoms with Crippen LogP contribution in [0.15, 0.2) is 0 Å². The van der Waals surface area contributed by atoms with Crippen LogP contribution in [0.1, 0.15) is 6.92 Å². The standard InChI is InChI=1S/C2H6O4S.C2H6O/c3-1-2-7(4,5)6;1-2-3/h3H,1-2H2,(H,4,5,6);3H,2H2,1H3. The van der Waals surface area contributed by atoms with E-state index >= 15 is 0 Å². The number of aliphatic hydroxyl groups excluding tert-OH is 2. The van der Waals surface area contributed by atoms with Gasteiger partial charge in [-0.15, -0.1) is 0 Å². The van der Waals surface area contributed by atoms with Gasteiger partial charge in [0, 0.05) is 6.61 Å². The first-order chi connectivity index (χ1) is 4.47. The van der Waals surface area contributed by atoms with Gasteiger partial charge in [-0.05, 0) is 6.92 Å². The lowest BCUT2D eigenvalue weighted by atomic mass is 10.9. The van der Waals surface area contributed by atoms with Gasteiger partial charge in [-0.3, -0.25) is 4.55 Å². The van der Waals surface area contributed by atoms with Gasteiger partial charge in [-0.2, -0.15) is 8.42 Å². The number of hydrogen-bond acceptors (Lipinski definition) is 4. The molecule has 0 aromatic carbocycles. The predicted octanol–water partition coefficient (Wildman–Crippen LogP) is -1.13. The Morgan fingerprint density at radius 1 is 1.30 bits per heavy atom. The summed E-state index contributed by atoms with van der Waals surface area (Å²) in [6.07, 6.45) is 0. The minimum Gasteiger partial charge on any atom is -0.397 e. The summed E-state index contributed by atoms with van der Waals surface area (Å²) in [6, 6.07) is 0. The maximum absolute atomic E-state index is 9.63. The molecule has 0 atom stereocenters. The van der Waals surface area contributed by atoms with Crippen molar-refractivity contribution in [2.45, 2.75) is 6.92 Å². The minimum atomic E-state index is -3.92. The topological polar surface area (TPSA) is 94.8 Å². The Kier molecular flexibility index (Phi) is 8.68. The Morgan fingerprint density at radius 3 is 1.60 bits per heavy atom. The van der Waals surface area contributed by atoms with Crippen LogP contribution in [0.25, 0.3) is 0 Å². The van der Waals surface area contributed by atoms with Crippen LogP contribution in [-0.2, 0) is 10.1 Å². The molecule has 0 unspecified atom stereocenters. The van der Waals surface area contributed by atoms with Gasteiger partial charge in [0.05, 0.1) is 12.4 Å². The van der Waals surface area contributed by atoms with Gasteiger partial charge in [-0.25, -0.2) is 0 Å². The van der Waals surface area contributed by atoms with E-state index in [1.807, 2.05) is 0 Å². The molecular weight excluding hydrogens is 160 g/mol. The molecule has 0 aromatic heterocycles. The normalized spacial score (nSPS) is 10.0. The summed E-state index contributed by atoms with van der Waals surface area (Å²) in [6.45, 7) is 1.40. The van der Waals surface area contributed by atoms with Gasteiger partial charge in [-0.1, -0.05) is 0 Å². The summed E-state index contributed by atoms with van der Waals surface area (Å²) in [5.74, 6) is -0.576. The summed E-state index contributed by atoms with van der Waals surface area (Å²) in [5, 5.41) is 15.4. The first kappa shape index (κ1) is 12.5. The Morgan fingerprint density at radius 2 is 1.60 bits per heavy atom. The van der Waals surface area contributed by atoms with Crippen LogP contribution in [0.3, 0.4) is 0 Å². The minimum absolute atomic E-state index is 0.250. The molecule has 0 saturated heterocycles. The SMILES string of the molecule is CCO.O=S(=O)(O)CCO. The van der Waals surface area contributed by atoms with Gasteiger partial charge in [0.15, 0.2) is 0 Å². The number of aliphatic hydroxyl groups is 2. The van der Waals surface area contributed by atoms with Crippen LogP contribution < -0.4 is 0 Å². The van der Waals surface area contributed by atoms with Gasteiger partial charge in [0.1, 0.15) is 0 Å². The fourth-order valence-electron chi connectivity index (χ4n) is 0.115. The van der Waals surface area contributed by atoms with E-state index in [0.29, 0.717) is 0 Å². The highest BCUT2D eigenvalue weighted by Gasteiger charge is 1.99. The monoisotopic (exact) mass is 172 g/mol. The molecule has 0 aliphatic carbocycles. The molecule has 0 spiro atoms. The lowest BCUT2D eigenvalue weighted by molar-refractivity contribution is 0.315. The van der Waals surface area contributed by atoms with Crippen LogP contribution in [0.5, 0.6) is 0 Å². The third-order valence-corrected chi connectivity index (χ3v) is 1.05. The Labute approximate surface area is 60.1 Å². The zero-order valence-electron chi connectivity index (χ0n) is 5.69. The summed E-state index contributed by atoms with van der Waals surface area (Å²) < 4.78 is 27.1. The summed E-state index contributed by atoms with van der Waals surface area (Å²) in [4.78, 5) is 0. The molecule has 10 heavy (non-hydrogen) atoms. The Hall–Kier alpha value is -0.170. The molecule has 0 amide bonds. The Balaban J connectivity index is 0. The van der Waals surface area contributed by atoms with Crippen molar-refractivity contribution < 1.29 is 23.2 Å². The lowest BCUT2D eigenvalue weighted by Gasteiger charge is -1.85. The van der Waals surface area contributed by atoms with Gasteiger partial charge < -0.3 is 10.2 Å². The third-order valence-electron chi connectivity index (χ3n) is 0.349. The Bertz CT molecular complexity index is 138. The van der Waals surface area contributed by atoms with Crippen molar-refractivity contribution in [3.05, 3.63) is 0 Å².